The molecule has 0 saturated carbocycles. The Morgan fingerprint density at radius 3 is 2.35 bits per heavy atom. The third-order valence-electron chi connectivity index (χ3n) is 3.80. The molecule has 0 amide bonds. The highest BCUT2D eigenvalue weighted by Crippen LogP contribution is 2.16. The fourth-order valence-electron chi connectivity index (χ4n) is 2.32. The second-order valence-corrected chi connectivity index (χ2v) is 5.38. The van der Waals surface area contributed by atoms with E-state index in [4.69, 9.17) is 4.74 Å². The number of carbonyl (C=O) groups is 1. The Labute approximate surface area is 123 Å². The molecule has 0 aromatic heterocycles. The van der Waals surface area contributed by atoms with E-state index in [0.29, 0.717) is 12.5 Å². The van der Waals surface area contributed by atoms with Gasteiger partial charge in [0.05, 0.1) is 6.61 Å². The number of unbranched alkanes of at least 4 members (excludes halogenated alkanes) is 1. The molecule has 1 aromatic rings. The number of carbonyl (C=O) groups excluding carboxylic acids is 1. The highest BCUT2D eigenvalue weighted by molar-refractivity contribution is 5.99. The van der Waals surface area contributed by atoms with Gasteiger partial charge in [-0.3, -0.25) is 4.79 Å². The zero-order chi connectivity index (χ0) is 14.8. The first kappa shape index (κ1) is 16.9. The molecular formula is C18H28O2. The number of Topliss-reactive ketones (excluding diaryl/α,β-unsaturated/α-hetero) is 1. The lowest BCUT2D eigenvalue weighted by molar-refractivity contribution is 0.0236. The topological polar surface area (TPSA) is 26.3 Å². The lowest BCUT2D eigenvalue weighted by Crippen LogP contribution is -2.26. The van der Waals surface area contributed by atoms with Crippen LogP contribution in [-0.4, -0.2) is 18.5 Å². The van der Waals surface area contributed by atoms with Crippen molar-refractivity contribution in [3.63, 3.8) is 0 Å². The zero-order valence-electron chi connectivity index (χ0n) is 13.1. The molecule has 0 spiro atoms. The maximum absolute atomic E-state index is 12.4. The van der Waals surface area contributed by atoms with Gasteiger partial charge in [-0.25, -0.2) is 0 Å². The molecule has 1 rings (SSSR count). The molecule has 0 aliphatic heterocycles. The Morgan fingerprint density at radius 2 is 1.80 bits per heavy atom. The van der Waals surface area contributed by atoms with Crippen LogP contribution in [-0.2, 0) is 4.74 Å². The van der Waals surface area contributed by atoms with Crippen LogP contribution in [0, 0.1) is 5.92 Å². The number of ether oxygens (including phenoxy) is 1. The summed E-state index contributed by atoms with van der Waals surface area (Å²) in [6.07, 6.45) is 5.21. The summed E-state index contributed by atoms with van der Waals surface area (Å²) in [4.78, 5) is 12.4. The molecule has 0 aliphatic carbocycles. The van der Waals surface area contributed by atoms with E-state index in [9.17, 15) is 4.79 Å². The summed E-state index contributed by atoms with van der Waals surface area (Å²) in [5, 5.41) is 0. The van der Waals surface area contributed by atoms with Crippen LogP contribution in [0.4, 0.5) is 0 Å². The normalized spacial score (nSPS) is 13.9. The average molecular weight is 276 g/mol. The van der Waals surface area contributed by atoms with Crippen molar-refractivity contribution in [3.8, 4) is 0 Å². The van der Waals surface area contributed by atoms with Gasteiger partial charge < -0.3 is 4.74 Å². The smallest absolute Gasteiger partial charge is 0.191 e. The van der Waals surface area contributed by atoms with Crippen LogP contribution in [0.15, 0.2) is 30.3 Å². The number of hydrogen-bond donors (Lipinski definition) is 0. The Balaban J connectivity index is 2.52. The van der Waals surface area contributed by atoms with E-state index in [-0.39, 0.29) is 11.9 Å². The van der Waals surface area contributed by atoms with E-state index < -0.39 is 0 Å². The largest absolute Gasteiger partial charge is 0.370 e. The van der Waals surface area contributed by atoms with Crippen molar-refractivity contribution in [1.29, 1.82) is 0 Å². The molecule has 0 radical (unpaired) electrons. The van der Waals surface area contributed by atoms with Crippen molar-refractivity contribution in [2.75, 3.05) is 6.61 Å². The molecule has 20 heavy (non-hydrogen) atoms. The highest BCUT2D eigenvalue weighted by Gasteiger charge is 2.20. The van der Waals surface area contributed by atoms with Gasteiger partial charge in [0, 0.05) is 5.56 Å². The summed E-state index contributed by atoms with van der Waals surface area (Å²) in [6, 6.07) is 9.45. The van der Waals surface area contributed by atoms with Crippen molar-refractivity contribution in [2.24, 2.45) is 5.92 Å². The molecular weight excluding hydrogens is 248 g/mol. The van der Waals surface area contributed by atoms with Crippen LogP contribution in [0.5, 0.6) is 0 Å². The maximum atomic E-state index is 12.4. The molecule has 2 atom stereocenters. The van der Waals surface area contributed by atoms with E-state index in [1.54, 1.807) is 0 Å². The van der Waals surface area contributed by atoms with Gasteiger partial charge in [-0.15, -0.1) is 0 Å². The summed E-state index contributed by atoms with van der Waals surface area (Å²) >= 11 is 0. The van der Waals surface area contributed by atoms with Gasteiger partial charge in [0.2, 0.25) is 0 Å². The quantitative estimate of drug-likeness (QED) is 0.569. The second kappa shape index (κ2) is 9.71. The summed E-state index contributed by atoms with van der Waals surface area (Å²) in [5.74, 6) is 0.686. The first-order chi connectivity index (χ1) is 9.72. The Hall–Kier alpha value is -1.15. The molecule has 0 heterocycles. The van der Waals surface area contributed by atoms with Gasteiger partial charge in [0.15, 0.2) is 5.78 Å². The number of rotatable bonds is 10. The predicted molar refractivity (Wildman–Crippen MR) is 84.1 cm³/mol. The molecule has 0 aliphatic rings. The zero-order valence-corrected chi connectivity index (χ0v) is 13.1. The van der Waals surface area contributed by atoms with E-state index in [0.717, 1.165) is 18.4 Å². The monoisotopic (exact) mass is 276 g/mol. The predicted octanol–water partition coefficient (Wildman–Crippen LogP) is 4.88. The van der Waals surface area contributed by atoms with Crippen LogP contribution >= 0.6 is 0 Å². The Morgan fingerprint density at radius 1 is 1.10 bits per heavy atom. The van der Waals surface area contributed by atoms with Gasteiger partial charge >= 0.3 is 0 Å². The molecule has 112 valence electrons. The van der Waals surface area contributed by atoms with Crippen LogP contribution in [0.1, 0.15) is 63.2 Å². The van der Waals surface area contributed by atoms with E-state index in [2.05, 4.69) is 13.8 Å². The minimum atomic E-state index is -0.298. The lowest BCUT2D eigenvalue weighted by Gasteiger charge is -2.20. The van der Waals surface area contributed by atoms with Gasteiger partial charge in [-0.2, -0.15) is 0 Å². The fraction of sp³-hybridized carbons (Fsp3) is 0.611. The molecule has 2 unspecified atom stereocenters. The van der Waals surface area contributed by atoms with Gasteiger partial charge in [-0.05, 0) is 18.8 Å². The number of ketones is 1. The third-order valence-corrected chi connectivity index (χ3v) is 3.80. The number of hydrogen-bond acceptors (Lipinski definition) is 2. The summed E-state index contributed by atoms with van der Waals surface area (Å²) < 4.78 is 5.91. The van der Waals surface area contributed by atoms with Crippen LogP contribution in [0.2, 0.25) is 0 Å². The maximum Gasteiger partial charge on any atom is 0.191 e. The van der Waals surface area contributed by atoms with Gasteiger partial charge in [0.25, 0.3) is 0 Å². The summed E-state index contributed by atoms with van der Waals surface area (Å²) in [5.41, 5.74) is 0.751. The summed E-state index contributed by atoms with van der Waals surface area (Å²) in [7, 11) is 0. The van der Waals surface area contributed by atoms with Crippen molar-refractivity contribution in [3.05, 3.63) is 35.9 Å². The minimum Gasteiger partial charge on any atom is -0.370 e. The average Bonchev–Trinajstić information content (AvgIpc) is 2.51. The minimum absolute atomic E-state index is 0.110. The molecule has 2 nitrogen and oxygen atoms in total. The van der Waals surface area contributed by atoms with Gasteiger partial charge in [-0.1, -0.05) is 70.4 Å². The van der Waals surface area contributed by atoms with Crippen molar-refractivity contribution < 1.29 is 9.53 Å². The standard InChI is InChI=1S/C18H28O2/c1-4-7-11-15(5-2)14-20-17(6-3)18(19)16-12-9-8-10-13-16/h8-10,12-13,15,17H,4-7,11,14H2,1-3H3. The highest BCUT2D eigenvalue weighted by atomic mass is 16.5. The van der Waals surface area contributed by atoms with Gasteiger partial charge in [0.1, 0.15) is 6.10 Å². The summed E-state index contributed by atoms with van der Waals surface area (Å²) in [6.45, 7) is 7.12. The molecule has 0 saturated heterocycles. The molecule has 0 N–H and O–H groups in total. The Kier molecular flexibility index (Phi) is 8.20. The molecule has 2 heteroatoms. The SMILES string of the molecule is CCCCC(CC)COC(CC)C(=O)c1ccccc1. The molecule has 0 bridgehead atoms. The molecule has 0 fully saturated rings. The van der Waals surface area contributed by atoms with Crippen LogP contribution in [0.25, 0.3) is 0 Å². The van der Waals surface area contributed by atoms with Crippen molar-refractivity contribution in [1.82, 2.24) is 0 Å². The first-order valence-electron chi connectivity index (χ1n) is 7.93. The van der Waals surface area contributed by atoms with E-state index in [1.807, 2.05) is 37.3 Å². The molecule has 1 aromatic carbocycles. The third kappa shape index (κ3) is 5.46. The fourth-order valence-corrected chi connectivity index (χ4v) is 2.32. The lowest BCUT2D eigenvalue weighted by atomic mass is 10.00. The van der Waals surface area contributed by atoms with Crippen molar-refractivity contribution in [2.45, 2.75) is 59.0 Å². The first-order valence-corrected chi connectivity index (χ1v) is 7.93. The van der Waals surface area contributed by atoms with Crippen LogP contribution in [0.3, 0.4) is 0 Å². The number of benzene rings is 1. The van der Waals surface area contributed by atoms with E-state index in [1.165, 1.54) is 19.3 Å². The Bertz CT molecular complexity index is 372. The second-order valence-electron chi connectivity index (χ2n) is 5.38. The van der Waals surface area contributed by atoms with Crippen molar-refractivity contribution >= 4 is 5.78 Å². The van der Waals surface area contributed by atoms with Crippen LogP contribution < -0.4 is 0 Å². The van der Waals surface area contributed by atoms with E-state index >= 15 is 0 Å².